The highest BCUT2D eigenvalue weighted by atomic mass is 16.5. The molecule has 0 heterocycles. The summed E-state index contributed by atoms with van der Waals surface area (Å²) >= 11 is 0. The molecule has 0 spiro atoms. The highest BCUT2D eigenvalue weighted by Crippen LogP contribution is 2.21. The van der Waals surface area contributed by atoms with E-state index in [1.165, 1.54) is 16.7 Å². The van der Waals surface area contributed by atoms with Crippen LogP contribution >= 0.6 is 0 Å². The molecule has 1 unspecified atom stereocenters. The maximum absolute atomic E-state index is 5.87. The van der Waals surface area contributed by atoms with Crippen molar-refractivity contribution < 1.29 is 4.74 Å². The van der Waals surface area contributed by atoms with Crippen LogP contribution < -0.4 is 5.32 Å². The second-order valence-electron chi connectivity index (χ2n) is 5.62. The molecule has 2 heteroatoms. The number of hydrogen-bond acceptors (Lipinski definition) is 2. The average molecular weight is 235 g/mol. The number of rotatable bonds is 4. The summed E-state index contributed by atoms with van der Waals surface area (Å²) in [5, 5.41) is 3.33. The SMILES string of the molecule is CNC(COC(C)(C)C)c1cc(C)ccc1C. The second-order valence-corrected chi connectivity index (χ2v) is 5.62. The normalized spacial score (nSPS) is 13.8. The van der Waals surface area contributed by atoms with Crippen LogP contribution in [-0.2, 0) is 4.74 Å². The first-order chi connectivity index (χ1) is 7.83. The molecule has 2 nitrogen and oxygen atoms in total. The van der Waals surface area contributed by atoms with Crippen molar-refractivity contribution >= 4 is 0 Å². The van der Waals surface area contributed by atoms with Crippen molar-refractivity contribution in [3.63, 3.8) is 0 Å². The zero-order valence-corrected chi connectivity index (χ0v) is 11.9. The fourth-order valence-corrected chi connectivity index (χ4v) is 1.80. The Balaban J connectivity index is 2.82. The first-order valence-electron chi connectivity index (χ1n) is 6.22. The molecule has 0 aromatic heterocycles. The van der Waals surface area contributed by atoms with Crippen LogP contribution in [0, 0.1) is 13.8 Å². The van der Waals surface area contributed by atoms with Crippen LogP contribution in [0.1, 0.15) is 43.5 Å². The second kappa shape index (κ2) is 5.65. The number of benzene rings is 1. The first kappa shape index (κ1) is 14.2. The number of hydrogen-bond donors (Lipinski definition) is 1. The topological polar surface area (TPSA) is 21.3 Å². The molecule has 1 N–H and O–H groups in total. The molecule has 0 radical (unpaired) electrons. The summed E-state index contributed by atoms with van der Waals surface area (Å²) in [7, 11) is 1.98. The summed E-state index contributed by atoms with van der Waals surface area (Å²) in [5.41, 5.74) is 3.85. The third kappa shape index (κ3) is 4.49. The predicted octanol–water partition coefficient (Wildman–Crippen LogP) is 3.38. The van der Waals surface area contributed by atoms with Gasteiger partial charge in [-0.3, -0.25) is 0 Å². The fourth-order valence-electron chi connectivity index (χ4n) is 1.80. The molecule has 1 aromatic carbocycles. The summed E-state index contributed by atoms with van der Waals surface area (Å²) in [6.07, 6.45) is 0. The third-order valence-electron chi connectivity index (χ3n) is 2.84. The third-order valence-corrected chi connectivity index (χ3v) is 2.84. The van der Waals surface area contributed by atoms with Gasteiger partial charge >= 0.3 is 0 Å². The van der Waals surface area contributed by atoms with Gasteiger partial charge < -0.3 is 10.1 Å². The van der Waals surface area contributed by atoms with Gasteiger partial charge in [0, 0.05) is 0 Å². The van der Waals surface area contributed by atoms with E-state index in [4.69, 9.17) is 4.74 Å². The standard InChI is InChI=1S/C15H25NO/c1-11-7-8-12(2)13(9-11)14(16-6)10-17-15(3,4)5/h7-9,14,16H,10H2,1-6H3. The van der Waals surface area contributed by atoms with Crippen molar-refractivity contribution in [1.29, 1.82) is 0 Å². The van der Waals surface area contributed by atoms with Gasteiger partial charge in [-0.25, -0.2) is 0 Å². The van der Waals surface area contributed by atoms with Gasteiger partial charge in [-0.1, -0.05) is 23.8 Å². The van der Waals surface area contributed by atoms with E-state index in [0.29, 0.717) is 6.61 Å². The van der Waals surface area contributed by atoms with Crippen molar-refractivity contribution in [2.75, 3.05) is 13.7 Å². The molecule has 0 saturated heterocycles. The maximum Gasteiger partial charge on any atom is 0.0668 e. The molecular weight excluding hydrogens is 210 g/mol. The van der Waals surface area contributed by atoms with Crippen molar-refractivity contribution in [1.82, 2.24) is 5.32 Å². The summed E-state index contributed by atoms with van der Waals surface area (Å²) in [6.45, 7) is 11.2. The van der Waals surface area contributed by atoms with Crippen LogP contribution in [0.15, 0.2) is 18.2 Å². The fraction of sp³-hybridized carbons (Fsp3) is 0.600. The van der Waals surface area contributed by atoms with Gasteiger partial charge in [0.2, 0.25) is 0 Å². The lowest BCUT2D eigenvalue weighted by Crippen LogP contribution is -2.28. The summed E-state index contributed by atoms with van der Waals surface area (Å²) in [5.74, 6) is 0. The maximum atomic E-state index is 5.87. The van der Waals surface area contributed by atoms with Crippen LogP contribution in [0.5, 0.6) is 0 Å². The zero-order valence-electron chi connectivity index (χ0n) is 11.9. The van der Waals surface area contributed by atoms with Crippen LogP contribution in [-0.4, -0.2) is 19.3 Å². The van der Waals surface area contributed by atoms with Gasteiger partial charge in [-0.2, -0.15) is 0 Å². The lowest BCUT2D eigenvalue weighted by molar-refractivity contribution is -0.0139. The Morgan fingerprint density at radius 3 is 2.41 bits per heavy atom. The first-order valence-corrected chi connectivity index (χ1v) is 6.22. The molecule has 1 aromatic rings. The highest BCUT2D eigenvalue weighted by Gasteiger charge is 2.17. The number of aryl methyl sites for hydroxylation is 2. The number of nitrogens with one attached hydrogen (secondary N) is 1. The van der Waals surface area contributed by atoms with Crippen molar-refractivity contribution in [3.8, 4) is 0 Å². The van der Waals surface area contributed by atoms with E-state index in [1.54, 1.807) is 0 Å². The molecular formula is C15H25NO. The Bertz CT molecular complexity index is 366. The molecule has 0 fully saturated rings. The van der Waals surface area contributed by atoms with Crippen LogP contribution in [0.2, 0.25) is 0 Å². The summed E-state index contributed by atoms with van der Waals surface area (Å²) < 4.78 is 5.87. The van der Waals surface area contributed by atoms with E-state index in [-0.39, 0.29) is 11.6 Å². The summed E-state index contributed by atoms with van der Waals surface area (Å²) in [4.78, 5) is 0. The molecule has 1 atom stereocenters. The van der Waals surface area contributed by atoms with Crippen LogP contribution in [0.25, 0.3) is 0 Å². The van der Waals surface area contributed by atoms with Crippen LogP contribution in [0.4, 0.5) is 0 Å². The van der Waals surface area contributed by atoms with Crippen molar-refractivity contribution in [2.24, 2.45) is 0 Å². The van der Waals surface area contributed by atoms with E-state index in [2.05, 4.69) is 58.1 Å². The quantitative estimate of drug-likeness (QED) is 0.864. The van der Waals surface area contributed by atoms with E-state index >= 15 is 0 Å². The van der Waals surface area contributed by atoms with E-state index in [0.717, 1.165) is 0 Å². The molecule has 1 rings (SSSR count). The minimum absolute atomic E-state index is 0.0904. The molecule has 0 aliphatic carbocycles. The molecule has 0 bridgehead atoms. The van der Waals surface area contributed by atoms with E-state index < -0.39 is 0 Å². The molecule has 0 saturated carbocycles. The van der Waals surface area contributed by atoms with Crippen molar-refractivity contribution in [3.05, 3.63) is 34.9 Å². The van der Waals surface area contributed by atoms with Gasteiger partial charge in [-0.15, -0.1) is 0 Å². The highest BCUT2D eigenvalue weighted by molar-refractivity contribution is 5.33. The van der Waals surface area contributed by atoms with Gasteiger partial charge in [0.25, 0.3) is 0 Å². The van der Waals surface area contributed by atoms with Crippen LogP contribution in [0.3, 0.4) is 0 Å². The Kier molecular flexibility index (Phi) is 4.72. The zero-order chi connectivity index (χ0) is 13.1. The number of ether oxygens (including phenoxy) is 1. The minimum Gasteiger partial charge on any atom is -0.374 e. The Morgan fingerprint density at radius 2 is 1.88 bits per heavy atom. The molecule has 96 valence electrons. The molecule has 0 amide bonds. The van der Waals surface area contributed by atoms with Gasteiger partial charge in [0.15, 0.2) is 0 Å². The van der Waals surface area contributed by atoms with Gasteiger partial charge in [-0.05, 0) is 52.8 Å². The van der Waals surface area contributed by atoms with Crippen molar-refractivity contribution in [2.45, 2.75) is 46.3 Å². The molecule has 17 heavy (non-hydrogen) atoms. The monoisotopic (exact) mass is 235 g/mol. The molecule has 0 aliphatic rings. The van der Waals surface area contributed by atoms with E-state index in [9.17, 15) is 0 Å². The van der Waals surface area contributed by atoms with Gasteiger partial charge in [0.1, 0.15) is 0 Å². The number of likely N-dealkylation sites (N-methyl/N-ethyl adjacent to an activating group) is 1. The Labute approximate surface area is 105 Å². The largest absolute Gasteiger partial charge is 0.374 e. The lowest BCUT2D eigenvalue weighted by Gasteiger charge is -2.25. The summed E-state index contributed by atoms with van der Waals surface area (Å²) in [6, 6.07) is 6.82. The van der Waals surface area contributed by atoms with Gasteiger partial charge in [0.05, 0.1) is 18.2 Å². The Morgan fingerprint density at radius 1 is 1.24 bits per heavy atom. The average Bonchev–Trinajstić information content (AvgIpc) is 2.22. The predicted molar refractivity (Wildman–Crippen MR) is 73.4 cm³/mol. The smallest absolute Gasteiger partial charge is 0.0668 e. The Hall–Kier alpha value is -0.860. The van der Waals surface area contributed by atoms with E-state index in [1.807, 2.05) is 7.05 Å². The lowest BCUT2D eigenvalue weighted by atomic mass is 9.99. The molecule has 0 aliphatic heterocycles. The minimum atomic E-state index is -0.0904.